The molecule has 4 fully saturated rings. The average Bonchev–Trinajstić information content (AvgIpc) is 3.19. The smallest absolute Gasteiger partial charge is 0.169 e. The van der Waals surface area contributed by atoms with Crippen LogP contribution < -0.4 is 0 Å². The molecule has 4 aliphatic carbocycles. The van der Waals surface area contributed by atoms with Crippen LogP contribution in [0.15, 0.2) is 11.6 Å². The highest BCUT2D eigenvalue weighted by Crippen LogP contribution is 2.68. The van der Waals surface area contributed by atoms with Crippen molar-refractivity contribution in [2.45, 2.75) is 83.7 Å². The van der Waals surface area contributed by atoms with Crippen LogP contribution in [0.3, 0.4) is 0 Å². The molecule has 0 amide bonds. The molecule has 0 spiro atoms. The number of aliphatic hydroxyl groups is 2. The van der Waals surface area contributed by atoms with Gasteiger partial charge in [-0.3, -0.25) is 0 Å². The normalized spacial score (nSPS) is 54.0. The molecule has 0 aromatic rings. The van der Waals surface area contributed by atoms with Crippen molar-refractivity contribution in [1.29, 1.82) is 0 Å². The van der Waals surface area contributed by atoms with Gasteiger partial charge in [-0.1, -0.05) is 25.5 Å². The summed E-state index contributed by atoms with van der Waals surface area (Å²) in [4.78, 5) is 0. The van der Waals surface area contributed by atoms with E-state index < -0.39 is 5.79 Å². The molecule has 5 rings (SSSR count). The van der Waals surface area contributed by atoms with Gasteiger partial charge < -0.3 is 19.7 Å². The maximum atomic E-state index is 11.5. The van der Waals surface area contributed by atoms with Crippen molar-refractivity contribution >= 4 is 0 Å². The number of ether oxygens (including phenoxy) is 2. The van der Waals surface area contributed by atoms with E-state index in [1.54, 1.807) is 0 Å². The Morgan fingerprint density at radius 1 is 1.04 bits per heavy atom. The molecular weight excluding hydrogens is 340 g/mol. The quantitative estimate of drug-likeness (QED) is 0.686. The van der Waals surface area contributed by atoms with Crippen molar-refractivity contribution in [2.24, 2.45) is 34.5 Å². The maximum absolute atomic E-state index is 11.5. The van der Waals surface area contributed by atoms with Gasteiger partial charge in [-0.05, 0) is 80.5 Å². The first-order chi connectivity index (χ1) is 12.8. The van der Waals surface area contributed by atoms with Gasteiger partial charge >= 0.3 is 0 Å². The largest absolute Gasteiger partial charge is 0.393 e. The Balaban J connectivity index is 1.49. The molecule has 27 heavy (non-hydrogen) atoms. The van der Waals surface area contributed by atoms with E-state index in [1.165, 1.54) is 12.0 Å². The zero-order valence-corrected chi connectivity index (χ0v) is 17.1. The van der Waals surface area contributed by atoms with Crippen LogP contribution in [-0.4, -0.2) is 41.4 Å². The minimum Gasteiger partial charge on any atom is -0.393 e. The maximum Gasteiger partial charge on any atom is 0.169 e. The summed E-state index contributed by atoms with van der Waals surface area (Å²) >= 11 is 0. The summed E-state index contributed by atoms with van der Waals surface area (Å²) in [6.45, 7) is 8.27. The minimum absolute atomic E-state index is 0.0608. The Bertz CT molecular complexity index is 638. The standard InChI is InChI=1S/C23H36O4/c1-21-9-8-15(24)12-14(21)4-5-16-17-6-7-19(23(3)26-10-11-27-23)22(17,2)13-18(25)20(16)21/h4,15-20,24-25H,5-13H2,1-3H3/t15-,16+,17+,18-,19+,20-,21-,22-/m0/s1. The van der Waals surface area contributed by atoms with E-state index in [0.717, 1.165) is 38.5 Å². The van der Waals surface area contributed by atoms with E-state index in [0.29, 0.717) is 36.9 Å². The number of rotatable bonds is 1. The van der Waals surface area contributed by atoms with Gasteiger partial charge in [-0.25, -0.2) is 0 Å². The molecule has 1 saturated heterocycles. The molecule has 8 atom stereocenters. The van der Waals surface area contributed by atoms with E-state index in [2.05, 4.69) is 26.8 Å². The lowest BCUT2D eigenvalue weighted by Crippen LogP contribution is -2.58. The molecule has 1 heterocycles. The highest BCUT2D eigenvalue weighted by molar-refractivity contribution is 5.26. The fourth-order valence-corrected chi connectivity index (χ4v) is 8.37. The topological polar surface area (TPSA) is 58.9 Å². The molecule has 0 unspecified atom stereocenters. The molecule has 0 radical (unpaired) electrons. The van der Waals surface area contributed by atoms with Gasteiger partial charge in [-0.2, -0.15) is 0 Å². The molecule has 3 saturated carbocycles. The summed E-state index contributed by atoms with van der Waals surface area (Å²) in [5.74, 6) is 1.38. The Hall–Kier alpha value is -0.420. The van der Waals surface area contributed by atoms with E-state index in [-0.39, 0.29) is 23.0 Å². The van der Waals surface area contributed by atoms with E-state index in [4.69, 9.17) is 9.47 Å². The van der Waals surface area contributed by atoms with Crippen LogP contribution in [0.1, 0.15) is 65.7 Å². The van der Waals surface area contributed by atoms with Gasteiger partial charge in [0.15, 0.2) is 5.79 Å². The molecule has 1 aliphatic heterocycles. The number of hydrogen-bond donors (Lipinski definition) is 2. The van der Waals surface area contributed by atoms with E-state index >= 15 is 0 Å². The molecule has 2 N–H and O–H groups in total. The third kappa shape index (κ3) is 2.49. The number of aliphatic hydroxyl groups excluding tert-OH is 2. The second-order valence-electron chi connectivity index (χ2n) is 10.7. The lowest BCUT2D eigenvalue weighted by atomic mass is 9.46. The second-order valence-corrected chi connectivity index (χ2v) is 10.7. The molecule has 5 aliphatic rings. The third-order valence-electron chi connectivity index (χ3n) is 9.50. The Morgan fingerprint density at radius 2 is 1.78 bits per heavy atom. The Morgan fingerprint density at radius 3 is 2.52 bits per heavy atom. The predicted octanol–water partition coefficient (Wildman–Crippen LogP) is 3.66. The van der Waals surface area contributed by atoms with Gasteiger partial charge in [0.05, 0.1) is 25.4 Å². The van der Waals surface area contributed by atoms with Gasteiger partial charge in [0, 0.05) is 5.92 Å². The number of hydrogen-bond acceptors (Lipinski definition) is 4. The molecular formula is C23H36O4. The summed E-state index contributed by atoms with van der Waals surface area (Å²) in [6.07, 6.45) is 8.92. The van der Waals surface area contributed by atoms with Gasteiger partial charge in [0.1, 0.15) is 0 Å². The Kier molecular flexibility index (Phi) is 4.16. The van der Waals surface area contributed by atoms with Crippen molar-refractivity contribution in [3.63, 3.8) is 0 Å². The Labute approximate surface area is 163 Å². The van der Waals surface area contributed by atoms with E-state index in [1.807, 2.05) is 0 Å². The number of allylic oxidation sites excluding steroid dienone is 1. The van der Waals surface area contributed by atoms with Crippen LogP contribution in [-0.2, 0) is 9.47 Å². The van der Waals surface area contributed by atoms with Crippen molar-refractivity contribution in [3.8, 4) is 0 Å². The minimum atomic E-state index is -0.482. The van der Waals surface area contributed by atoms with Crippen LogP contribution in [0, 0.1) is 34.5 Å². The second kappa shape index (κ2) is 6.04. The summed E-state index contributed by atoms with van der Waals surface area (Å²) < 4.78 is 12.2. The zero-order chi connectivity index (χ0) is 19.0. The van der Waals surface area contributed by atoms with Gasteiger partial charge in [0.2, 0.25) is 0 Å². The predicted molar refractivity (Wildman–Crippen MR) is 103 cm³/mol. The van der Waals surface area contributed by atoms with Gasteiger partial charge in [-0.15, -0.1) is 0 Å². The van der Waals surface area contributed by atoms with Crippen molar-refractivity contribution in [2.75, 3.05) is 13.2 Å². The third-order valence-corrected chi connectivity index (χ3v) is 9.50. The molecule has 0 aromatic heterocycles. The zero-order valence-electron chi connectivity index (χ0n) is 17.1. The summed E-state index contributed by atoms with van der Waals surface area (Å²) in [6, 6.07) is 0. The first-order valence-corrected chi connectivity index (χ1v) is 11.1. The van der Waals surface area contributed by atoms with Crippen molar-refractivity contribution in [3.05, 3.63) is 11.6 Å². The van der Waals surface area contributed by atoms with E-state index in [9.17, 15) is 10.2 Å². The highest BCUT2D eigenvalue weighted by atomic mass is 16.7. The van der Waals surface area contributed by atoms with Crippen LogP contribution in [0.4, 0.5) is 0 Å². The van der Waals surface area contributed by atoms with Crippen molar-refractivity contribution < 1.29 is 19.7 Å². The lowest BCUT2D eigenvalue weighted by Gasteiger charge is -2.60. The SMILES string of the molecule is CC1([C@@H]2CC[C@@H]3[C@H]4CC=C5C[C@@H](O)CC[C@]5(C)[C@@H]4[C@@H](O)C[C@@]32C)OCCO1. The monoisotopic (exact) mass is 376 g/mol. The lowest BCUT2D eigenvalue weighted by molar-refractivity contribution is -0.223. The fraction of sp³-hybridized carbons (Fsp3) is 0.913. The van der Waals surface area contributed by atoms with Crippen LogP contribution in [0.5, 0.6) is 0 Å². The first kappa shape index (κ1) is 18.6. The summed E-state index contributed by atoms with van der Waals surface area (Å²) in [7, 11) is 0. The fourth-order valence-electron chi connectivity index (χ4n) is 8.37. The molecule has 0 aromatic carbocycles. The van der Waals surface area contributed by atoms with Crippen LogP contribution >= 0.6 is 0 Å². The van der Waals surface area contributed by atoms with Crippen LogP contribution in [0.2, 0.25) is 0 Å². The molecule has 4 nitrogen and oxygen atoms in total. The van der Waals surface area contributed by atoms with Crippen LogP contribution in [0.25, 0.3) is 0 Å². The number of fused-ring (bicyclic) bond motifs is 5. The van der Waals surface area contributed by atoms with Gasteiger partial charge in [0.25, 0.3) is 0 Å². The average molecular weight is 377 g/mol. The first-order valence-electron chi connectivity index (χ1n) is 11.1. The summed E-state index contributed by atoms with van der Waals surface area (Å²) in [5, 5.41) is 21.6. The molecule has 0 bridgehead atoms. The molecule has 152 valence electrons. The summed E-state index contributed by atoms with van der Waals surface area (Å²) in [5.41, 5.74) is 1.55. The highest BCUT2D eigenvalue weighted by Gasteiger charge is 2.65. The van der Waals surface area contributed by atoms with Crippen molar-refractivity contribution in [1.82, 2.24) is 0 Å². The molecule has 4 heteroatoms.